The summed E-state index contributed by atoms with van der Waals surface area (Å²) < 4.78 is 4.94. The Labute approximate surface area is 116 Å². The first-order valence-corrected chi connectivity index (χ1v) is 5.96. The number of hydrogen-bond acceptors (Lipinski definition) is 6. The van der Waals surface area contributed by atoms with Crippen molar-refractivity contribution < 1.29 is 24.4 Å². The number of benzene rings is 1. The van der Waals surface area contributed by atoms with Crippen molar-refractivity contribution in [1.82, 2.24) is 5.01 Å². The van der Waals surface area contributed by atoms with Gasteiger partial charge in [-0.2, -0.15) is 0 Å². The van der Waals surface area contributed by atoms with Crippen LogP contribution in [0.5, 0.6) is 0 Å². The van der Waals surface area contributed by atoms with Gasteiger partial charge in [-0.1, -0.05) is 18.2 Å². The topological polar surface area (TPSA) is 97.4 Å². The van der Waals surface area contributed by atoms with Crippen LogP contribution in [0.25, 0.3) is 0 Å². The summed E-state index contributed by atoms with van der Waals surface area (Å²) in [6.07, 6.45) is -1.01. The number of ether oxygens (including phenoxy) is 1. The maximum Gasteiger partial charge on any atom is 0.341 e. The van der Waals surface area contributed by atoms with Gasteiger partial charge >= 0.3 is 5.97 Å². The molecule has 8 heteroatoms. The lowest BCUT2D eigenvalue weighted by molar-refractivity contribution is -0.707. The third-order valence-corrected chi connectivity index (χ3v) is 2.26. The Morgan fingerprint density at radius 3 is 2.75 bits per heavy atom. The van der Waals surface area contributed by atoms with E-state index in [-0.39, 0.29) is 18.1 Å². The van der Waals surface area contributed by atoms with Crippen molar-refractivity contribution in [2.45, 2.75) is 13.2 Å². The number of carbonyl (C=O) groups is 1. The van der Waals surface area contributed by atoms with E-state index in [4.69, 9.17) is 14.7 Å². The fourth-order valence-corrected chi connectivity index (χ4v) is 1.21. The van der Waals surface area contributed by atoms with E-state index in [1.165, 1.54) is 14.0 Å². The van der Waals surface area contributed by atoms with Gasteiger partial charge in [-0.15, -0.1) is 5.01 Å². The molecule has 0 fully saturated rings. The first kappa shape index (κ1) is 15.7. The molecule has 0 aliphatic rings. The van der Waals surface area contributed by atoms with Crippen LogP contribution in [0.1, 0.15) is 17.3 Å². The lowest BCUT2D eigenvalue weighted by Crippen LogP contribution is -2.29. The molecule has 0 saturated heterocycles. The molecule has 0 saturated carbocycles. The third kappa shape index (κ3) is 5.11. The minimum absolute atomic E-state index is 0.106. The summed E-state index contributed by atoms with van der Waals surface area (Å²) >= 11 is 0. The highest BCUT2D eigenvalue weighted by atomic mass is 16.8. The number of aliphatic hydroxyl groups is 1. The average molecular weight is 283 g/mol. The summed E-state index contributed by atoms with van der Waals surface area (Å²) in [4.78, 5) is 16.5. The van der Waals surface area contributed by atoms with E-state index in [2.05, 4.69) is 5.28 Å². The number of aliphatic hydroxyl groups excluding tert-OH is 1. The molecule has 8 nitrogen and oxygen atoms in total. The Kier molecular flexibility index (Phi) is 6.24. The number of hydrogen-bond donors (Lipinski definition) is 1. The van der Waals surface area contributed by atoms with Crippen LogP contribution in [0.2, 0.25) is 0 Å². The maximum absolute atomic E-state index is 11.7. The summed E-state index contributed by atoms with van der Waals surface area (Å²) in [7, 11) is 1.43. The van der Waals surface area contributed by atoms with Gasteiger partial charge in [0.1, 0.15) is 0 Å². The van der Waals surface area contributed by atoms with E-state index < -0.39 is 12.3 Å². The summed E-state index contributed by atoms with van der Waals surface area (Å²) in [5.74, 6) is -0.575. The first-order valence-electron chi connectivity index (χ1n) is 5.96. The molecule has 1 rings (SSSR count). The normalized spacial score (nSPS) is 12.7. The van der Waals surface area contributed by atoms with Gasteiger partial charge in [0.15, 0.2) is 0 Å². The van der Waals surface area contributed by atoms with Gasteiger partial charge in [-0.05, 0) is 12.1 Å². The molecule has 0 heterocycles. The van der Waals surface area contributed by atoms with Crippen molar-refractivity contribution in [2.75, 3.05) is 20.2 Å². The highest BCUT2D eigenvalue weighted by molar-refractivity contribution is 5.89. The van der Waals surface area contributed by atoms with Crippen molar-refractivity contribution in [3.05, 3.63) is 41.1 Å². The second-order valence-electron chi connectivity index (χ2n) is 3.88. The molecule has 20 heavy (non-hydrogen) atoms. The van der Waals surface area contributed by atoms with Crippen molar-refractivity contribution in [1.29, 1.82) is 0 Å². The quantitative estimate of drug-likeness (QED) is 0.263. The molecule has 0 radical (unpaired) electrons. The zero-order chi connectivity index (χ0) is 15.0. The highest BCUT2D eigenvalue weighted by Crippen LogP contribution is 2.05. The first-order chi connectivity index (χ1) is 9.54. The van der Waals surface area contributed by atoms with Gasteiger partial charge in [0, 0.05) is 6.92 Å². The number of esters is 1. The predicted octanol–water partition coefficient (Wildman–Crippen LogP) is 0.923. The Morgan fingerprint density at radius 2 is 2.15 bits per heavy atom. The monoisotopic (exact) mass is 283 g/mol. The molecule has 1 N–H and O–H groups in total. The molecular weight excluding hydrogens is 266 g/mol. The molecule has 0 amide bonds. The zero-order valence-electron chi connectivity index (χ0n) is 11.3. The third-order valence-electron chi connectivity index (χ3n) is 2.26. The van der Waals surface area contributed by atoms with E-state index in [1.807, 2.05) is 0 Å². The van der Waals surface area contributed by atoms with Crippen LogP contribution in [-0.2, 0) is 9.57 Å². The van der Waals surface area contributed by atoms with Crippen LogP contribution in [0, 0.1) is 5.21 Å². The van der Waals surface area contributed by atoms with E-state index in [0.29, 0.717) is 5.56 Å². The van der Waals surface area contributed by atoms with Crippen molar-refractivity contribution >= 4 is 5.97 Å². The Hall–Kier alpha value is -2.35. The highest BCUT2D eigenvalue weighted by Gasteiger charge is 2.14. The van der Waals surface area contributed by atoms with Gasteiger partial charge in [0.2, 0.25) is 5.28 Å². The Balaban J connectivity index is 2.46. The van der Waals surface area contributed by atoms with Gasteiger partial charge < -0.3 is 15.1 Å². The lowest BCUT2D eigenvalue weighted by Gasteiger charge is -2.13. The van der Waals surface area contributed by atoms with Gasteiger partial charge in [-0.3, -0.25) is 4.84 Å². The molecule has 1 atom stereocenters. The van der Waals surface area contributed by atoms with Crippen LogP contribution < -0.4 is 0 Å². The smallest absolute Gasteiger partial charge is 0.341 e. The SMILES string of the molecule is CC(O/N=[N+](\[O-])N(C)CCO)OC(=O)c1ccccc1. The minimum Gasteiger partial charge on any atom is -0.569 e. The van der Waals surface area contributed by atoms with Crippen molar-refractivity contribution in [2.24, 2.45) is 5.28 Å². The minimum atomic E-state index is -1.01. The number of rotatable bonds is 7. The summed E-state index contributed by atoms with van der Waals surface area (Å²) in [6, 6.07) is 8.38. The molecule has 1 unspecified atom stereocenters. The van der Waals surface area contributed by atoms with Crippen LogP contribution in [-0.4, -0.2) is 47.5 Å². The summed E-state index contributed by atoms with van der Waals surface area (Å²) in [5, 5.41) is 24.2. The molecule has 0 aliphatic heterocycles. The summed E-state index contributed by atoms with van der Waals surface area (Å²) in [6.45, 7) is 1.35. The molecule has 0 aromatic heterocycles. The van der Waals surface area contributed by atoms with Crippen LogP contribution in [0.15, 0.2) is 35.6 Å². The van der Waals surface area contributed by atoms with E-state index >= 15 is 0 Å². The molecule has 1 aromatic carbocycles. The number of nitrogens with zero attached hydrogens (tertiary/aromatic N) is 3. The largest absolute Gasteiger partial charge is 0.569 e. The standard InChI is InChI=1S/C12H17N3O5/c1-10(20-13-15(18)14(2)8-9-16)19-12(17)11-6-4-3-5-7-11/h3-7,10,16H,8-9H2,1-2H3/b15-13-. The van der Waals surface area contributed by atoms with Crippen molar-refractivity contribution in [3.63, 3.8) is 0 Å². The van der Waals surface area contributed by atoms with Crippen LogP contribution >= 0.6 is 0 Å². The maximum atomic E-state index is 11.7. The lowest BCUT2D eigenvalue weighted by atomic mass is 10.2. The van der Waals surface area contributed by atoms with Gasteiger partial charge in [-0.25, -0.2) is 4.79 Å². The molecule has 0 aliphatic carbocycles. The average Bonchev–Trinajstić information content (AvgIpc) is 2.45. The molecule has 1 aromatic rings. The molecule has 0 bridgehead atoms. The molecule has 110 valence electrons. The molecule has 0 spiro atoms. The molecular formula is C12H17N3O5. The van der Waals surface area contributed by atoms with Gasteiger partial charge in [0.25, 0.3) is 6.29 Å². The second kappa shape index (κ2) is 7.95. The Bertz CT molecular complexity index is 452. The van der Waals surface area contributed by atoms with Crippen LogP contribution in [0.3, 0.4) is 0 Å². The summed E-state index contributed by atoms with van der Waals surface area (Å²) in [5.41, 5.74) is 0.374. The fourth-order valence-electron chi connectivity index (χ4n) is 1.21. The van der Waals surface area contributed by atoms with Gasteiger partial charge in [0.05, 0.1) is 30.7 Å². The van der Waals surface area contributed by atoms with E-state index in [0.717, 1.165) is 5.01 Å². The van der Waals surface area contributed by atoms with Crippen LogP contribution in [0.4, 0.5) is 0 Å². The number of hydrazine groups is 1. The fraction of sp³-hybridized carbons (Fsp3) is 0.417. The number of carbonyl (C=O) groups excluding carboxylic acids is 1. The van der Waals surface area contributed by atoms with E-state index in [9.17, 15) is 10.0 Å². The number of likely N-dealkylation sites (N-methyl/N-ethyl adjacent to an activating group) is 1. The second-order valence-corrected chi connectivity index (χ2v) is 3.88. The van der Waals surface area contributed by atoms with Crippen molar-refractivity contribution in [3.8, 4) is 0 Å². The predicted molar refractivity (Wildman–Crippen MR) is 68.2 cm³/mol. The zero-order valence-corrected chi connectivity index (χ0v) is 11.3. The Morgan fingerprint density at radius 1 is 1.50 bits per heavy atom. The van der Waals surface area contributed by atoms with E-state index in [1.54, 1.807) is 30.3 Å².